The Bertz CT molecular complexity index is 522. The molecular weight excluding hydrogens is 268 g/mol. The van der Waals surface area contributed by atoms with E-state index in [0.717, 1.165) is 6.42 Å². The van der Waals surface area contributed by atoms with Crippen LogP contribution in [0.1, 0.15) is 37.5 Å². The van der Waals surface area contributed by atoms with E-state index in [4.69, 9.17) is 0 Å². The third-order valence-electron chi connectivity index (χ3n) is 4.05. The Balaban J connectivity index is 2.12. The molecule has 0 fully saturated rings. The zero-order valence-electron chi connectivity index (χ0n) is 14.3. The first-order valence-electron chi connectivity index (χ1n) is 7.85. The maximum absolute atomic E-state index is 2.40. The molecule has 0 nitrogen and oxygen atoms in total. The third-order valence-corrected chi connectivity index (χ3v) is 6.11. The second-order valence-corrected chi connectivity index (χ2v) is 13.1. The van der Waals surface area contributed by atoms with E-state index in [1.807, 2.05) is 0 Å². The molecule has 0 radical (unpaired) electrons. The lowest BCUT2D eigenvalue weighted by Gasteiger charge is -2.19. The van der Waals surface area contributed by atoms with Crippen molar-refractivity contribution in [1.82, 2.24) is 0 Å². The van der Waals surface area contributed by atoms with Crippen LogP contribution < -0.4 is 5.19 Å². The van der Waals surface area contributed by atoms with Gasteiger partial charge in [0.2, 0.25) is 0 Å². The van der Waals surface area contributed by atoms with Gasteiger partial charge in [-0.1, -0.05) is 94.1 Å². The van der Waals surface area contributed by atoms with Crippen LogP contribution in [0.5, 0.6) is 0 Å². The van der Waals surface area contributed by atoms with Crippen LogP contribution in [-0.2, 0) is 11.8 Å². The fourth-order valence-corrected chi connectivity index (χ4v) is 3.65. The smallest absolute Gasteiger partial charge is 0.0656 e. The molecule has 0 aliphatic carbocycles. The Morgan fingerprint density at radius 1 is 0.714 bits per heavy atom. The van der Waals surface area contributed by atoms with Gasteiger partial charge in [0, 0.05) is 0 Å². The summed E-state index contributed by atoms with van der Waals surface area (Å²) >= 11 is 0. The van der Waals surface area contributed by atoms with E-state index in [9.17, 15) is 0 Å². The molecule has 112 valence electrons. The summed E-state index contributed by atoms with van der Waals surface area (Å²) in [7, 11) is -1.18. The standard InChI is InChI=1S/C20H28Si/c1-20(2,3)18-11-7-16(8-12-18)15-17-9-13-19(14-10-17)21(4,5)6/h7-14H,15H2,1-6H3. The van der Waals surface area contributed by atoms with Crippen LogP contribution in [0.4, 0.5) is 0 Å². The molecule has 0 unspecified atom stereocenters. The Hall–Kier alpha value is -1.34. The molecule has 0 aromatic heterocycles. The molecule has 0 amide bonds. The molecule has 0 heterocycles. The molecule has 0 spiro atoms. The van der Waals surface area contributed by atoms with Crippen molar-refractivity contribution in [2.24, 2.45) is 0 Å². The molecule has 2 rings (SSSR count). The van der Waals surface area contributed by atoms with Crippen LogP contribution in [0, 0.1) is 0 Å². The molecule has 0 saturated carbocycles. The summed E-state index contributed by atoms with van der Waals surface area (Å²) in [6.07, 6.45) is 1.02. The van der Waals surface area contributed by atoms with Gasteiger partial charge in [0.05, 0.1) is 8.07 Å². The van der Waals surface area contributed by atoms with E-state index in [1.54, 1.807) is 0 Å². The first kappa shape index (κ1) is 16.0. The largest absolute Gasteiger partial charge is 0.0775 e. The molecule has 21 heavy (non-hydrogen) atoms. The maximum atomic E-state index is 2.40. The van der Waals surface area contributed by atoms with Gasteiger partial charge in [0.1, 0.15) is 0 Å². The van der Waals surface area contributed by atoms with Crippen molar-refractivity contribution in [3.63, 3.8) is 0 Å². The lowest BCUT2D eigenvalue weighted by Crippen LogP contribution is -2.37. The van der Waals surface area contributed by atoms with E-state index >= 15 is 0 Å². The summed E-state index contributed by atoms with van der Waals surface area (Å²) in [5.74, 6) is 0. The van der Waals surface area contributed by atoms with Gasteiger partial charge in [-0.05, 0) is 28.5 Å². The van der Waals surface area contributed by atoms with Crippen LogP contribution >= 0.6 is 0 Å². The second kappa shape index (κ2) is 5.80. The Morgan fingerprint density at radius 3 is 1.52 bits per heavy atom. The predicted octanol–water partition coefficient (Wildman–Crippen LogP) is 5.12. The number of hydrogen-bond donors (Lipinski definition) is 0. The number of benzene rings is 2. The van der Waals surface area contributed by atoms with Crippen LogP contribution in [0.3, 0.4) is 0 Å². The summed E-state index contributed by atoms with van der Waals surface area (Å²) in [5, 5.41) is 1.54. The highest BCUT2D eigenvalue weighted by Gasteiger charge is 2.16. The monoisotopic (exact) mass is 296 g/mol. The van der Waals surface area contributed by atoms with Crippen LogP contribution in [0.2, 0.25) is 19.6 Å². The quantitative estimate of drug-likeness (QED) is 0.690. The second-order valence-electron chi connectivity index (χ2n) is 8.07. The van der Waals surface area contributed by atoms with Gasteiger partial charge >= 0.3 is 0 Å². The lowest BCUT2D eigenvalue weighted by molar-refractivity contribution is 0.590. The zero-order chi connectivity index (χ0) is 15.7. The molecule has 0 saturated heterocycles. The molecule has 2 aromatic carbocycles. The van der Waals surface area contributed by atoms with Gasteiger partial charge in [-0.3, -0.25) is 0 Å². The van der Waals surface area contributed by atoms with Crippen LogP contribution in [0.15, 0.2) is 48.5 Å². The molecule has 2 aromatic rings. The van der Waals surface area contributed by atoms with Gasteiger partial charge in [-0.2, -0.15) is 0 Å². The average Bonchev–Trinajstić information content (AvgIpc) is 2.38. The highest BCUT2D eigenvalue weighted by Crippen LogP contribution is 2.22. The van der Waals surface area contributed by atoms with E-state index < -0.39 is 8.07 Å². The van der Waals surface area contributed by atoms with Gasteiger partial charge in [-0.15, -0.1) is 0 Å². The molecule has 0 atom stereocenters. The van der Waals surface area contributed by atoms with Crippen molar-refractivity contribution < 1.29 is 0 Å². The molecule has 1 heteroatoms. The minimum atomic E-state index is -1.18. The number of hydrogen-bond acceptors (Lipinski definition) is 0. The Morgan fingerprint density at radius 2 is 1.14 bits per heavy atom. The highest BCUT2D eigenvalue weighted by atomic mass is 28.3. The SMILES string of the molecule is CC(C)(C)c1ccc(Cc2ccc([Si](C)(C)C)cc2)cc1. The van der Waals surface area contributed by atoms with Gasteiger partial charge in [0.15, 0.2) is 0 Å². The fraction of sp³-hybridized carbons (Fsp3) is 0.400. The van der Waals surface area contributed by atoms with Crippen molar-refractivity contribution in [3.05, 3.63) is 65.2 Å². The summed E-state index contributed by atoms with van der Waals surface area (Å²) in [5.41, 5.74) is 4.43. The van der Waals surface area contributed by atoms with Gasteiger partial charge in [0.25, 0.3) is 0 Å². The first-order valence-corrected chi connectivity index (χ1v) is 11.3. The minimum Gasteiger partial charge on any atom is -0.0656 e. The number of rotatable bonds is 3. The van der Waals surface area contributed by atoms with Crippen LogP contribution in [-0.4, -0.2) is 8.07 Å². The minimum absolute atomic E-state index is 0.234. The zero-order valence-corrected chi connectivity index (χ0v) is 15.3. The van der Waals surface area contributed by atoms with Crippen molar-refractivity contribution in [2.45, 2.75) is 52.2 Å². The summed E-state index contributed by atoms with van der Waals surface area (Å²) in [4.78, 5) is 0. The summed E-state index contributed by atoms with van der Waals surface area (Å²) in [6.45, 7) is 14.0. The van der Waals surface area contributed by atoms with Crippen molar-refractivity contribution in [1.29, 1.82) is 0 Å². The van der Waals surface area contributed by atoms with E-state index in [0.29, 0.717) is 0 Å². The fourth-order valence-electron chi connectivity index (χ4n) is 2.48. The molecule has 0 aliphatic heterocycles. The van der Waals surface area contributed by atoms with Gasteiger partial charge < -0.3 is 0 Å². The predicted molar refractivity (Wildman–Crippen MR) is 97.4 cm³/mol. The molecule has 0 bridgehead atoms. The van der Waals surface area contributed by atoms with Crippen molar-refractivity contribution >= 4 is 13.3 Å². The Kier molecular flexibility index (Phi) is 4.43. The summed E-state index contributed by atoms with van der Waals surface area (Å²) < 4.78 is 0. The van der Waals surface area contributed by atoms with Crippen molar-refractivity contribution in [2.75, 3.05) is 0 Å². The first-order chi connectivity index (χ1) is 9.66. The van der Waals surface area contributed by atoms with Crippen molar-refractivity contribution in [3.8, 4) is 0 Å². The van der Waals surface area contributed by atoms with E-state index in [2.05, 4.69) is 88.9 Å². The average molecular weight is 297 g/mol. The maximum Gasteiger partial charge on any atom is 0.0775 e. The van der Waals surface area contributed by atoms with Gasteiger partial charge in [-0.25, -0.2) is 0 Å². The Labute approximate surface area is 131 Å². The molecule has 0 N–H and O–H groups in total. The van der Waals surface area contributed by atoms with E-state index in [1.165, 1.54) is 21.9 Å². The topological polar surface area (TPSA) is 0 Å². The van der Waals surface area contributed by atoms with Crippen LogP contribution in [0.25, 0.3) is 0 Å². The highest BCUT2D eigenvalue weighted by molar-refractivity contribution is 6.88. The molecular formula is C20H28Si. The lowest BCUT2D eigenvalue weighted by atomic mass is 9.86. The molecule has 0 aliphatic rings. The van der Waals surface area contributed by atoms with E-state index in [-0.39, 0.29) is 5.41 Å². The third kappa shape index (κ3) is 4.31. The summed E-state index contributed by atoms with van der Waals surface area (Å²) in [6, 6.07) is 18.3. The normalized spacial score (nSPS) is 12.5.